The third-order valence-electron chi connectivity index (χ3n) is 5.56. The lowest BCUT2D eigenvalue weighted by Gasteiger charge is -2.70. The van der Waals surface area contributed by atoms with Crippen molar-refractivity contribution < 1.29 is 23.5 Å². The number of hydrogen-bond acceptors (Lipinski definition) is 4. The van der Waals surface area contributed by atoms with Gasteiger partial charge in [-0.1, -0.05) is 11.6 Å². The summed E-state index contributed by atoms with van der Waals surface area (Å²) in [7, 11) is 0. The quantitative estimate of drug-likeness (QED) is 0.645. The highest BCUT2D eigenvalue weighted by Gasteiger charge is 2.69. The van der Waals surface area contributed by atoms with Crippen molar-refractivity contribution in [3.8, 4) is 11.5 Å². The van der Waals surface area contributed by atoms with Gasteiger partial charge in [0.2, 0.25) is 0 Å². The molecule has 3 saturated carbocycles. The predicted octanol–water partition coefficient (Wildman–Crippen LogP) is 3.87. The molecule has 2 amide bonds. The SMILES string of the molecule is CC(C)Oc1ccc(C(=O)NC23CC(NC(=O)COc4ccc(Cl)c(F)c4)(C2)C3)cc1. The number of amides is 2. The molecule has 0 saturated heterocycles. The first-order valence-corrected chi connectivity index (χ1v) is 10.5. The van der Waals surface area contributed by atoms with E-state index in [1.54, 1.807) is 24.3 Å². The lowest BCUT2D eigenvalue weighted by Crippen LogP contribution is -2.84. The molecule has 8 heteroatoms. The zero-order valence-corrected chi connectivity index (χ0v) is 18.1. The van der Waals surface area contributed by atoms with Crippen molar-refractivity contribution in [3.63, 3.8) is 0 Å². The maximum Gasteiger partial charge on any atom is 0.258 e. The van der Waals surface area contributed by atoms with Crippen LogP contribution in [-0.4, -0.2) is 35.6 Å². The fourth-order valence-electron chi connectivity index (χ4n) is 4.37. The predicted molar refractivity (Wildman–Crippen MR) is 114 cm³/mol. The molecule has 164 valence electrons. The first-order chi connectivity index (χ1) is 14.7. The van der Waals surface area contributed by atoms with Crippen LogP contribution in [0, 0.1) is 5.82 Å². The van der Waals surface area contributed by atoms with Crippen LogP contribution >= 0.6 is 11.6 Å². The van der Waals surface area contributed by atoms with Crippen LogP contribution in [0.5, 0.6) is 11.5 Å². The van der Waals surface area contributed by atoms with Gasteiger partial charge in [0, 0.05) is 22.7 Å². The fourth-order valence-corrected chi connectivity index (χ4v) is 4.49. The number of carbonyl (C=O) groups excluding carboxylic acids is 2. The second-order valence-electron chi connectivity index (χ2n) is 8.65. The second kappa shape index (κ2) is 8.04. The molecular weight excluding hydrogens is 423 g/mol. The Balaban J connectivity index is 1.22. The minimum Gasteiger partial charge on any atom is -0.491 e. The van der Waals surface area contributed by atoms with E-state index in [1.807, 2.05) is 13.8 Å². The average Bonchev–Trinajstić information content (AvgIpc) is 2.66. The van der Waals surface area contributed by atoms with Crippen molar-refractivity contribution in [1.82, 2.24) is 10.6 Å². The molecule has 0 aliphatic heterocycles. The summed E-state index contributed by atoms with van der Waals surface area (Å²) in [5.41, 5.74) is 0.00785. The lowest BCUT2D eigenvalue weighted by atomic mass is 9.44. The standard InChI is InChI=1S/C23H24ClFN2O4/c1-14(2)31-16-5-3-15(4-6-16)21(29)27-23-11-22(12-23,13-23)26-20(28)10-30-17-7-8-18(24)19(25)9-17/h3-9,14H,10-13H2,1-2H3,(H,26,28)(H,27,29). The van der Waals surface area contributed by atoms with Gasteiger partial charge in [0.05, 0.1) is 11.1 Å². The maximum absolute atomic E-state index is 13.4. The summed E-state index contributed by atoms with van der Waals surface area (Å²) in [6.07, 6.45) is 2.12. The van der Waals surface area contributed by atoms with Crippen LogP contribution in [0.3, 0.4) is 0 Å². The zero-order valence-electron chi connectivity index (χ0n) is 17.3. The normalized spacial score (nSPS) is 23.4. The third-order valence-corrected chi connectivity index (χ3v) is 5.87. The van der Waals surface area contributed by atoms with Crippen LogP contribution in [0.15, 0.2) is 42.5 Å². The van der Waals surface area contributed by atoms with Gasteiger partial charge in [-0.25, -0.2) is 4.39 Å². The minimum absolute atomic E-state index is 0.00199. The van der Waals surface area contributed by atoms with E-state index in [1.165, 1.54) is 12.1 Å². The van der Waals surface area contributed by atoms with Crippen molar-refractivity contribution in [2.45, 2.75) is 50.3 Å². The number of rotatable bonds is 8. The monoisotopic (exact) mass is 446 g/mol. The van der Waals surface area contributed by atoms with Gasteiger partial charge in [-0.3, -0.25) is 9.59 Å². The van der Waals surface area contributed by atoms with Gasteiger partial charge in [0.25, 0.3) is 11.8 Å². The molecule has 2 aromatic rings. The molecule has 2 N–H and O–H groups in total. The van der Waals surface area contributed by atoms with Crippen LogP contribution in [0.25, 0.3) is 0 Å². The first kappa shape index (κ1) is 21.4. The number of nitrogens with one attached hydrogen (secondary N) is 2. The molecule has 0 unspecified atom stereocenters. The summed E-state index contributed by atoms with van der Waals surface area (Å²) in [6, 6.07) is 11.1. The largest absolute Gasteiger partial charge is 0.491 e. The van der Waals surface area contributed by atoms with Gasteiger partial charge in [-0.2, -0.15) is 0 Å². The zero-order chi connectivity index (χ0) is 22.2. The van der Waals surface area contributed by atoms with E-state index in [-0.39, 0.29) is 46.4 Å². The Labute approximate surface area is 185 Å². The maximum atomic E-state index is 13.4. The van der Waals surface area contributed by atoms with Crippen molar-refractivity contribution >= 4 is 23.4 Å². The van der Waals surface area contributed by atoms with Gasteiger partial charge in [0.1, 0.15) is 17.3 Å². The Bertz CT molecular complexity index is 989. The summed E-state index contributed by atoms with van der Waals surface area (Å²) in [5.74, 6) is -0.0520. The molecule has 2 bridgehead atoms. The molecule has 5 rings (SSSR count). The number of halogens is 2. The summed E-state index contributed by atoms with van der Waals surface area (Å²) < 4.78 is 24.3. The van der Waals surface area contributed by atoms with Crippen LogP contribution < -0.4 is 20.1 Å². The topological polar surface area (TPSA) is 76.7 Å². The summed E-state index contributed by atoms with van der Waals surface area (Å²) in [6.45, 7) is 3.68. The average molecular weight is 447 g/mol. The molecule has 0 spiro atoms. The van der Waals surface area contributed by atoms with E-state index in [4.69, 9.17) is 21.1 Å². The Morgan fingerprint density at radius 2 is 1.65 bits per heavy atom. The molecule has 6 nitrogen and oxygen atoms in total. The number of carbonyl (C=O) groups is 2. The van der Waals surface area contributed by atoms with Crippen LogP contribution in [0.2, 0.25) is 5.02 Å². The number of hydrogen-bond donors (Lipinski definition) is 2. The van der Waals surface area contributed by atoms with Gasteiger partial charge in [0.15, 0.2) is 6.61 Å². The third kappa shape index (κ3) is 4.61. The highest BCUT2D eigenvalue weighted by molar-refractivity contribution is 6.30. The first-order valence-electron chi connectivity index (χ1n) is 10.2. The van der Waals surface area contributed by atoms with E-state index in [0.717, 1.165) is 11.8 Å². The highest BCUT2D eigenvalue weighted by atomic mass is 35.5. The number of benzene rings is 2. The van der Waals surface area contributed by atoms with E-state index < -0.39 is 5.82 Å². The Morgan fingerprint density at radius 1 is 1.03 bits per heavy atom. The molecule has 3 aliphatic rings. The molecular formula is C23H24ClFN2O4. The lowest BCUT2D eigenvalue weighted by molar-refractivity contribution is -0.141. The van der Waals surface area contributed by atoms with E-state index >= 15 is 0 Å². The van der Waals surface area contributed by atoms with Crippen molar-refractivity contribution in [2.75, 3.05) is 6.61 Å². The molecule has 0 atom stereocenters. The summed E-state index contributed by atoms with van der Waals surface area (Å²) in [4.78, 5) is 24.8. The van der Waals surface area contributed by atoms with Gasteiger partial charge >= 0.3 is 0 Å². The van der Waals surface area contributed by atoms with E-state index in [2.05, 4.69) is 10.6 Å². The minimum atomic E-state index is -0.598. The highest BCUT2D eigenvalue weighted by Crippen LogP contribution is 2.60. The van der Waals surface area contributed by atoms with Crippen LogP contribution in [0.4, 0.5) is 4.39 Å². The molecule has 31 heavy (non-hydrogen) atoms. The molecule has 0 radical (unpaired) electrons. The molecule has 3 aliphatic carbocycles. The van der Waals surface area contributed by atoms with E-state index in [0.29, 0.717) is 24.8 Å². The molecule has 3 fully saturated rings. The number of ether oxygens (including phenoxy) is 2. The van der Waals surface area contributed by atoms with Crippen LogP contribution in [-0.2, 0) is 4.79 Å². The molecule has 0 heterocycles. The van der Waals surface area contributed by atoms with Crippen LogP contribution in [0.1, 0.15) is 43.5 Å². The van der Waals surface area contributed by atoms with Crippen molar-refractivity contribution in [2.24, 2.45) is 0 Å². The molecule has 0 aromatic heterocycles. The molecule has 2 aromatic carbocycles. The fraction of sp³-hybridized carbons (Fsp3) is 0.391. The smallest absolute Gasteiger partial charge is 0.258 e. The summed E-state index contributed by atoms with van der Waals surface area (Å²) >= 11 is 5.63. The van der Waals surface area contributed by atoms with Gasteiger partial charge < -0.3 is 20.1 Å². The Hall–Kier alpha value is -2.80. The summed E-state index contributed by atoms with van der Waals surface area (Å²) in [5, 5.41) is 6.05. The Kier molecular flexibility index (Phi) is 5.56. The van der Waals surface area contributed by atoms with Gasteiger partial charge in [-0.15, -0.1) is 0 Å². The Morgan fingerprint density at radius 3 is 2.26 bits per heavy atom. The van der Waals surface area contributed by atoms with Crippen molar-refractivity contribution in [1.29, 1.82) is 0 Å². The second-order valence-corrected chi connectivity index (χ2v) is 9.06. The van der Waals surface area contributed by atoms with Gasteiger partial charge in [-0.05, 0) is 69.5 Å². The van der Waals surface area contributed by atoms with E-state index in [9.17, 15) is 14.0 Å². The van der Waals surface area contributed by atoms with Crippen molar-refractivity contribution in [3.05, 3.63) is 58.9 Å².